The lowest BCUT2D eigenvalue weighted by Crippen LogP contribution is -2.11. The topological polar surface area (TPSA) is 0 Å². The minimum absolute atomic E-state index is 0.0226. The summed E-state index contributed by atoms with van der Waals surface area (Å²) in [5, 5.41) is 0. The van der Waals surface area contributed by atoms with E-state index in [0.29, 0.717) is 0 Å². The first kappa shape index (κ1) is 6.87. The van der Waals surface area contributed by atoms with Crippen molar-refractivity contribution in [2.75, 3.05) is 0 Å². The van der Waals surface area contributed by atoms with Gasteiger partial charge in [-0.1, -0.05) is 13.1 Å². The second-order valence-electron chi connectivity index (χ2n) is 1.38. The first-order chi connectivity index (χ1) is 2.64. The normalized spacial score (nSPS) is 8.00. The zero-order valence-corrected chi connectivity index (χ0v) is 8.00. The molecule has 0 saturated heterocycles. The molecular weight excluding hydrogens is 136 g/mol. The summed E-state index contributed by atoms with van der Waals surface area (Å²) in [6, 6.07) is 0. The quantitative estimate of drug-likeness (QED) is 0.406. The van der Waals surface area contributed by atoms with Crippen molar-refractivity contribution < 1.29 is 0 Å². The molecule has 0 nitrogen and oxygen atoms in total. The van der Waals surface area contributed by atoms with E-state index in [1.165, 1.54) is 0 Å². The Hall–Kier alpha value is 0.868. The Kier molecular flexibility index (Phi) is 3.37. The molecule has 0 amide bonds. The third kappa shape index (κ3) is 3.07. The molecule has 6 heavy (non-hydrogen) atoms. The van der Waals surface area contributed by atoms with Gasteiger partial charge in [-0.25, -0.2) is 0 Å². The molecule has 0 N–H and O–H groups in total. The first-order valence-corrected chi connectivity index (χ1v) is 9.75. The number of rotatable bonds is 0. The maximum Gasteiger partial charge on any atom is 0.0266 e. The highest BCUT2D eigenvalue weighted by Crippen LogP contribution is 1.59. The standard InChI is InChI=1S/C2H6Si4/c1-5(2)6(3)4/h1-2H3. The summed E-state index contributed by atoms with van der Waals surface area (Å²) >= 11 is 0. The fraction of sp³-hybridized carbons (Fsp3) is 1.00. The molecule has 0 aliphatic rings. The second kappa shape index (κ2) is 2.95. The molecular formula is C2H6Si4. The molecule has 4 heteroatoms. The lowest BCUT2D eigenvalue weighted by molar-refractivity contribution is 2.12. The molecule has 0 aliphatic heterocycles. The second-order valence-corrected chi connectivity index (χ2v) is 16.1. The molecule has 0 aromatic heterocycles. The van der Waals surface area contributed by atoms with Crippen molar-refractivity contribution in [3.63, 3.8) is 0 Å². The van der Waals surface area contributed by atoms with Crippen LogP contribution in [0.5, 0.6) is 0 Å². The van der Waals surface area contributed by atoms with Gasteiger partial charge in [0.05, 0.1) is 0 Å². The SMILES string of the molecule is C[Si](C)=[Si]([Si])[Si]. The maximum absolute atomic E-state index is 3.54. The Bertz CT molecular complexity index is 55.6. The zero-order chi connectivity index (χ0) is 5.15. The van der Waals surface area contributed by atoms with Crippen LogP contribution in [0.1, 0.15) is 0 Å². The van der Waals surface area contributed by atoms with Gasteiger partial charge in [0, 0.05) is 19.5 Å². The lowest BCUT2D eigenvalue weighted by Gasteiger charge is -1.84. The van der Waals surface area contributed by atoms with Gasteiger partial charge < -0.3 is 0 Å². The molecule has 30 valence electrons. The van der Waals surface area contributed by atoms with Crippen LogP contribution in [-0.4, -0.2) is 34.3 Å². The highest BCUT2D eigenvalue weighted by molar-refractivity contribution is 7.39. The number of hydrogen-bond donors (Lipinski definition) is 0. The van der Waals surface area contributed by atoms with Crippen LogP contribution >= 0.6 is 0 Å². The van der Waals surface area contributed by atoms with E-state index in [0.717, 1.165) is 0 Å². The molecule has 0 atom stereocenters. The van der Waals surface area contributed by atoms with Crippen molar-refractivity contribution in [1.82, 2.24) is 0 Å². The summed E-state index contributed by atoms with van der Waals surface area (Å²) in [5.41, 5.74) is 0. The fourth-order valence-corrected chi connectivity index (χ4v) is 0. The monoisotopic (exact) mass is 142 g/mol. The average Bonchev–Trinajstić information content (AvgIpc) is 1.36. The van der Waals surface area contributed by atoms with Crippen LogP contribution in [0, 0.1) is 0 Å². The molecule has 6 radical (unpaired) electrons. The predicted octanol–water partition coefficient (Wildman–Crippen LogP) is -0.356. The van der Waals surface area contributed by atoms with E-state index in [9.17, 15) is 0 Å². The Morgan fingerprint density at radius 3 is 1.33 bits per heavy atom. The Morgan fingerprint density at radius 1 is 1.17 bits per heavy atom. The van der Waals surface area contributed by atoms with Gasteiger partial charge in [-0.2, -0.15) is 0 Å². The van der Waals surface area contributed by atoms with E-state index in [2.05, 4.69) is 32.6 Å². The van der Waals surface area contributed by atoms with E-state index < -0.39 is 0 Å². The van der Waals surface area contributed by atoms with Crippen LogP contribution in [0.2, 0.25) is 13.1 Å². The van der Waals surface area contributed by atoms with E-state index in [-0.39, 0.29) is 14.8 Å². The van der Waals surface area contributed by atoms with E-state index in [4.69, 9.17) is 0 Å². The molecule has 0 fully saturated rings. The minimum atomic E-state index is -0.239. The molecule has 0 rings (SSSR count). The largest absolute Gasteiger partial charge is 0.0605 e. The maximum atomic E-state index is 3.54. The van der Waals surface area contributed by atoms with Crippen molar-refractivity contribution in [2.45, 2.75) is 13.1 Å². The highest BCUT2D eigenvalue weighted by Gasteiger charge is 1.79. The molecule has 0 aromatic carbocycles. The van der Waals surface area contributed by atoms with Gasteiger partial charge in [-0.05, 0) is 14.8 Å². The molecule has 0 aliphatic carbocycles. The molecule has 0 heterocycles. The predicted molar refractivity (Wildman–Crippen MR) is 34.7 cm³/mol. The summed E-state index contributed by atoms with van der Waals surface area (Å²) in [6.45, 7) is 4.34. The highest BCUT2D eigenvalue weighted by atomic mass is 29.7. The van der Waals surface area contributed by atoms with Gasteiger partial charge in [0.25, 0.3) is 0 Å². The van der Waals surface area contributed by atoms with Gasteiger partial charge in [0.15, 0.2) is 0 Å². The smallest absolute Gasteiger partial charge is 0.0266 e. The van der Waals surface area contributed by atoms with Crippen molar-refractivity contribution in [2.24, 2.45) is 0 Å². The van der Waals surface area contributed by atoms with Crippen LogP contribution < -0.4 is 0 Å². The summed E-state index contributed by atoms with van der Waals surface area (Å²) < 4.78 is 0. The van der Waals surface area contributed by atoms with Crippen molar-refractivity contribution >= 4 is 34.3 Å². The van der Waals surface area contributed by atoms with E-state index in [1.807, 2.05) is 0 Å². The van der Waals surface area contributed by atoms with Crippen LogP contribution in [-0.2, 0) is 0 Å². The Balaban J connectivity index is 3.68. The molecule has 0 bridgehead atoms. The third-order valence-corrected chi connectivity index (χ3v) is 13.5. The fourth-order valence-electron chi connectivity index (χ4n) is 0. The first-order valence-electron chi connectivity index (χ1n) is 1.75. The summed E-state index contributed by atoms with van der Waals surface area (Å²) in [6.07, 6.45) is 0. The van der Waals surface area contributed by atoms with E-state index in [1.54, 1.807) is 0 Å². The van der Waals surface area contributed by atoms with Crippen LogP contribution in [0.25, 0.3) is 0 Å². The summed E-state index contributed by atoms with van der Waals surface area (Å²) in [7, 11) is 7.06. The summed E-state index contributed by atoms with van der Waals surface area (Å²) in [4.78, 5) is 0. The van der Waals surface area contributed by atoms with Gasteiger partial charge in [0.2, 0.25) is 0 Å². The molecule has 0 spiro atoms. The lowest BCUT2D eigenvalue weighted by atomic mass is 11.9. The van der Waals surface area contributed by atoms with Crippen molar-refractivity contribution in [1.29, 1.82) is 0 Å². The molecule has 0 aromatic rings. The zero-order valence-electron chi connectivity index (χ0n) is 4.00. The Morgan fingerprint density at radius 2 is 1.33 bits per heavy atom. The average molecular weight is 142 g/mol. The van der Waals surface area contributed by atoms with Crippen LogP contribution in [0.15, 0.2) is 0 Å². The minimum Gasteiger partial charge on any atom is -0.0605 e. The third-order valence-electron chi connectivity index (χ3n) is 0.500. The van der Waals surface area contributed by atoms with Gasteiger partial charge in [-0.15, -0.1) is 0 Å². The van der Waals surface area contributed by atoms with Crippen LogP contribution in [0.4, 0.5) is 0 Å². The van der Waals surface area contributed by atoms with Crippen molar-refractivity contribution in [3.8, 4) is 0 Å². The van der Waals surface area contributed by atoms with Gasteiger partial charge in [0.1, 0.15) is 0 Å². The van der Waals surface area contributed by atoms with Crippen molar-refractivity contribution in [3.05, 3.63) is 0 Å². The summed E-state index contributed by atoms with van der Waals surface area (Å²) in [5.74, 6) is 0. The van der Waals surface area contributed by atoms with Gasteiger partial charge >= 0.3 is 0 Å². The molecule has 0 unspecified atom stereocenters. The van der Waals surface area contributed by atoms with E-state index >= 15 is 0 Å². The Labute approximate surface area is 47.9 Å². The number of hydrogen-bond acceptors (Lipinski definition) is 0. The molecule has 0 saturated carbocycles. The van der Waals surface area contributed by atoms with Gasteiger partial charge in [-0.3, -0.25) is 0 Å². The van der Waals surface area contributed by atoms with Crippen LogP contribution in [0.3, 0.4) is 0 Å².